The second kappa shape index (κ2) is 10.7. The second-order valence-electron chi connectivity index (χ2n) is 6.75. The maximum absolute atomic E-state index is 6.16. The van der Waals surface area contributed by atoms with Crippen LogP contribution in [0.4, 0.5) is 5.82 Å². The zero-order valence-electron chi connectivity index (χ0n) is 16.7. The molecule has 0 fully saturated rings. The van der Waals surface area contributed by atoms with E-state index < -0.39 is 0 Å². The number of fused-ring (bicyclic) bond motifs is 2. The van der Waals surface area contributed by atoms with Crippen molar-refractivity contribution in [3.05, 3.63) is 98.1 Å². The van der Waals surface area contributed by atoms with E-state index in [0.717, 1.165) is 27.4 Å². The molecule has 0 radical (unpaired) electrons. The van der Waals surface area contributed by atoms with Crippen molar-refractivity contribution in [2.45, 2.75) is 6.54 Å². The summed E-state index contributed by atoms with van der Waals surface area (Å²) < 4.78 is 0. The number of anilines is 1. The smallest absolute Gasteiger partial charge is 0.224 e. The van der Waals surface area contributed by atoms with Crippen LogP contribution < -0.4 is 5.32 Å². The Balaban J connectivity index is 0.000000183. The van der Waals surface area contributed by atoms with Crippen LogP contribution in [0.5, 0.6) is 0 Å². The largest absolute Gasteiger partial charge is 0.365 e. The number of benzene rings is 3. The summed E-state index contributed by atoms with van der Waals surface area (Å²) >= 11 is 29.4. The lowest BCUT2D eigenvalue weighted by atomic mass is 10.2. The van der Waals surface area contributed by atoms with Gasteiger partial charge in [0.25, 0.3) is 0 Å². The number of hydrogen-bond acceptors (Lipinski definition) is 5. The highest BCUT2D eigenvalue weighted by molar-refractivity contribution is 6.36. The summed E-state index contributed by atoms with van der Waals surface area (Å²) in [7, 11) is 0. The first-order chi connectivity index (χ1) is 15.9. The third kappa shape index (κ3) is 5.94. The van der Waals surface area contributed by atoms with E-state index in [-0.39, 0.29) is 10.6 Å². The topological polar surface area (TPSA) is 63.6 Å². The Bertz CT molecular complexity index is 1440. The maximum Gasteiger partial charge on any atom is 0.224 e. The molecular formula is C23H14Cl5N5. The van der Waals surface area contributed by atoms with Crippen LogP contribution >= 0.6 is 58.0 Å². The van der Waals surface area contributed by atoms with Crippen molar-refractivity contribution in [1.29, 1.82) is 0 Å². The van der Waals surface area contributed by atoms with Gasteiger partial charge in [-0.1, -0.05) is 65.1 Å². The van der Waals surface area contributed by atoms with Gasteiger partial charge in [0.05, 0.1) is 11.0 Å². The quantitative estimate of drug-likeness (QED) is 0.186. The van der Waals surface area contributed by atoms with E-state index in [4.69, 9.17) is 58.0 Å². The minimum Gasteiger partial charge on any atom is -0.365 e. The monoisotopic (exact) mass is 535 g/mol. The fourth-order valence-corrected chi connectivity index (χ4v) is 4.15. The first-order valence-electron chi connectivity index (χ1n) is 9.58. The third-order valence-corrected chi connectivity index (χ3v) is 5.78. The molecule has 5 rings (SSSR count). The van der Waals surface area contributed by atoms with Crippen LogP contribution in [0.3, 0.4) is 0 Å². The van der Waals surface area contributed by atoms with E-state index in [2.05, 4.69) is 25.3 Å². The molecule has 0 aliphatic heterocycles. The lowest BCUT2D eigenvalue weighted by Gasteiger charge is -2.10. The van der Waals surface area contributed by atoms with Crippen LogP contribution in [0.1, 0.15) is 5.56 Å². The Kier molecular flexibility index (Phi) is 7.68. The summed E-state index contributed by atoms with van der Waals surface area (Å²) in [4.78, 5) is 16.3. The highest BCUT2D eigenvalue weighted by atomic mass is 35.5. The van der Waals surface area contributed by atoms with Gasteiger partial charge in [0.15, 0.2) is 0 Å². The Morgan fingerprint density at radius 3 is 1.94 bits per heavy atom. The average molecular weight is 538 g/mol. The highest BCUT2D eigenvalue weighted by Crippen LogP contribution is 2.25. The zero-order valence-corrected chi connectivity index (χ0v) is 20.5. The summed E-state index contributed by atoms with van der Waals surface area (Å²) in [6.07, 6.45) is 0. The SMILES string of the molecule is Clc1ccc(CNc2nc(Cl)nc3ccccc23)c(Cl)c1.Clc1nc(Cl)c2ccccc2n1. The molecule has 0 bridgehead atoms. The number of hydrogen-bond donors (Lipinski definition) is 1. The average Bonchev–Trinajstić information content (AvgIpc) is 2.78. The summed E-state index contributed by atoms with van der Waals surface area (Å²) in [6, 6.07) is 20.5. The third-order valence-electron chi connectivity index (χ3n) is 4.57. The number of aromatic nitrogens is 4. The number of nitrogens with zero attached hydrogens (tertiary/aromatic N) is 4. The van der Waals surface area contributed by atoms with Gasteiger partial charge >= 0.3 is 0 Å². The molecule has 0 unspecified atom stereocenters. The highest BCUT2D eigenvalue weighted by Gasteiger charge is 2.07. The number of nitrogens with one attached hydrogen (secondary N) is 1. The van der Waals surface area contributed by atoms with Crippen LogP contribution in [-0.4, -0.2) is 19.9 Å². The first-order valence-corrected chi connectivity index (χ1v) is 11.5. The van der Waals surface area contributed by atoms with Gasteiger partial charge in [0, 0.05) is 27.4 Å². The number of rotatable bonds is 3. The fourth-order valence-electron chi connectivity index (χ4n) is 3.04. The van der Waals surface area contributed by atoms with E-state index in [1.807, 2.05) is 54.6 Å². The van der Waals surface area contributed by atoms with E-state index in [1.54, 1.807) is 12.1 Å². The van der Waals surface area contributed by atoms with E-state index in [1.165, 1.54) is 0 Å². The number of halogens is 5. The molecule has 5 nitrogen and oxygen atoms in total. The Labute approximate surface area is 214 Å². The molecule has 0 saturated heterocycles. The number of para-hydroxylation sites is 2. The minimum atomic E-state index is 0.179. The van der Waals surface area contributed by atoms with Gasteiger partial charge in [0.1, 0.15) is 11.0 Å². The molecule has 1 N–H and O–H groups in total. The van der Waals surface area contributed by atoms with Crippen molar-refractivity contribution in [1.82, 2.24) is 19.9 Å². The summed E-state index contributed by atoms with van der Waals surface area (Å²) in [5.74, 6) is 0.677. The second-order valence-corrected chi connectivity index (χ2v) is 8.63. The van der Waals surface area contributed by atoms with E-state index in [0.29, 0.717) is 27.6 Å². The molecule has 0 saturated carbocycles. The van der Waals surface area contributed by atoms with Gasteiger partial charge in [-0.3, -0.25) is 0 Å². The molecule has 5 aromatic rings. The van der Waals surface area contributed by atoms with Crippen molar-refractivity contribution in [3.63, 3.8) is 0 Å². The van der Waals surface area contributed by atoms with Crippen LogP contribution in [0.15, 0.2) is 66.7 Å². The van der Waals surface area contributed by atoms with Gasteiger partial charge in [-0.2, -0.15) is 0 Å². The van der Waals surface area contributed by atoms with Crippen molar-refractivity contribution < 1.29 is 0 Å². The summed E-state index contributed by atoms with van der Waals surface area (Å²) in [5.41, 5.74) is 2.49. The van der Waals surface area contributed by atoms with Gasteiger partial charge in [0.2, 0.25) is 10.6 Å². The molecule has 166 valence electrons. The molecule has 3 aromatic carbocycles. The Hall–Kier alpha value is -2.41. The lowest BCUT2D eigenvalue weighted by Crippen LogP contribution is -2.03. The predicted molar refractivity (Wildman–Crippen MR) is 138 cm³/mol. The van der Waals surface area contributed by atoms with E-state index in [9.17, 15) is 0 Å². The Morgan fingerprint density at radius 1 is 0.636 bits per heavy atom. The molecule has 0 amide bonds. The Morgan fingerprint density at radius 2 is 1.24 bits per heavy atom. The lowest BCUT2D eigenvalue weighted by molar-refractivity contribution is 1.10. The molecule has 33 heavy (non-hydrogen) atoms. The van der Waals surface area contributed by atoms with Gasteiger partial charge in [-0.15, -0.1) is 0 Å². The molecular weight excluding hydrogens is 524 g/mol. The normalized spacial score (nSPS) is 10.7. The van der Waals surface area contributed by atoms with Crippen molar-refractivity contribution in [2.75, 3.05) is 5.32 Å². The maximum atomic E-state index is 6.16. The van der Waals surface area contributed by atoms with Gasteiger partial charge < -0.3 is 5.32 Å². The van der Waals surface area contributed by atoms with Crippen LogP contribution in [-0.2, 0) is 6.54 Å². The summed E-state index contributed by atoms with van der Waals surface area (Å²) in [5, 5.41) is 6.98. The van der Waals surface area contributed by atoms with Crippen molar-refractivity contribution in [2.24, 2.45) is 0 Å². The van der Waals surface area contributed by atoms with Crippen molar-refractivity contribution >= 4 is 85.6 Å². The fraction of sp³-hybridized carbons (Fsp3) is 0.0435. The molecule has 2 heterocycles. The van der Waals surface area contributed by atoms with Crippen LogP contribution in [0.2, 0.25) is 25.8 Å². The van der Waals surface area contributed by atoms with E-state index >= 15 is 0 Å². The zero-order chi connectivity index (χ0) is 23.4. The van der Waals surface area contributed by atoms with Crippen molar-refractivity contribution in [3.8, 4) is 0 Å². The van der Waals surface area contributed by atoms with Gasteiger partial charge in [-0.05, 0) is 65.2 Å². The minimum absolute atomic E-state index is 0.179. The van der Waals surface area contributed by atoms with Crippen LogP contribution in [0, 0.1) is 0 Å². The summed E-state index contributed by atoms with van der Waals surface area (Å²) in [6.45, 7) is 0.521. The van der Waals surface area contributed by atoms with Gasteiger partial charge in [-0.25, -0.2) is 19.9 Å². The molecule has 0 aliphatic rings. The standard InChI is InChI=1S/C15H10Cl3N3.C8H4Cl2N2/c16-10-6-5-9(12(17)7-10)8-19-14-11-3-1-2-4-13(11)20-15(18)21-14;9-7-5-3-1-2-4-6(5)11-8(10)12-7/h1-7H,8H2,(H,19,20,21);1-4H. The predicted octanol–water partition coefficient (Wildman–Crippen LogP) is 8.14. The molecule has 10 heteroatoms. The molecule has 2 aromatic heterocycles. The molecule has 0 spiro atoms. The van der Waals surface area contributed by atoms with Crippen LogP contribution in [0.25, 0.3) is 21.8 Å². The first kappa shape index (κ1) is 23.7. The molecule has 0 atom stereocenters. The molecule has 0 aliphatic carbocycles.